The van der Waals surface area contributed by atoms with E-state index in [4.69, 9.17) is 14.2 Å². The molecule has 318 valence electrons. The largest absolute Gasteiger partial charge is 0.476 e. The van der Waals surface area contributed by atoms with E-state index in [0.29, 0.717) is 78.3 Å². The van der Waals surface area contributed by atoms with Crippen LogP contribution in [0.3, 0.4) is 0 Å². The number of rotatable bonds is 12. The lowest BCUT2D eigenvalue weighted by atomic mass is 9.92. The molecule has 0 aromatic heterocycles. The SMILES string of the molecule is CNC(=O)CCCN1C(=O)C(C)(C)Oc2cc(C)c(C(=O)N(C(C)C)C3CCCCC3)cc21.CNC(=O)CCCN1C(=O)C(C)(C)Oc2cc(C)c(C(=O)OC)cc21. The van der Waals surface area contributed by atoms with Gasteiger partial charge in [-0.2, -0.15) is 0 Å². The standard InChI is InChI=1S/C26H39N3O4.C18H24N2O5/c1-17(2)29(19-11-8-7-9-12-19)24(31)20-16-21-22(15-18(20)3)33-26(4,5)25(32)28(21)14-10-13-23(30)27-6;1-11-9-14-13(10-12(11)16(22)24-5)20(8-6-7-15(21)19-4)17(23)18(2,3)25-14/h15-17,19H,7-14H2,1-6H3,(H,27,30);9-10H,6-8H2,1-5H3,(H,19,21). The van der Waals surface area contributed by atoms with Crippen LogP contribution < -0.4 is 29.9 Å². The molecule has 0 spiro atoms. The lowest BCUT2D eigenvalue weighted by molar-refractivity contribution is -0.133. The Bertz CT molecular complexity index is 1880. The molecule has 58 heavy (non-hydrogen) atoms. The summed E-state index contributed by atoms with van der Waals surface area (Å²) in [6, 6.07) is 7.39. The van der Waals surface area contributed by atoms with Crippen molar-refractivity contribution >= 4 is 46.9 Å². The van der Waals surface area contributed by atoms with Gasteiger partial charge in [0, 0.05) is 57.7 Å². The highest BCUT2D eigenvalue weighted by atomic mass is 16.5. The zero-order valence-electron chi connectivity index (χ0n) is 36.3. The number of benzene rings is 2. The number of carbonyl (C=O) groups excluding carboxylic acids is 6. The molecule has 0 bridgehead atoms. The molecule has 14 heteroatoms. The van der Waals surface area contributed by atoms with Crippen molar-refractivity contribution in [1.29, 1.82) is 0 Å². The lowest BCUT2D eigenvalue weighted by Crippen LogP contribution is -2.53. The predicted octanol–water partition coefficient (Wildman–Crippen LogP) is 6.02. The van der Waals surface area contributed by atoms with E-state index >= 15 is 0 Å². The molecule has 1 saturated carbocycles. The van der Waals surface area contributed by atoms with Crippen LogP contribution in [0.5, 0.6) is 11.5 Å². The fraction of sp³-hybridized carbons (Fsp3) is 0.591. The van der Waals surface area contributed by atoms with E-state index in [2.05, 4.69) is 24.5 Å². The zero-order chi connectivity index (χ0) is 43.1. The Morgan fingerprint density at radius 1 is 0.759 bits per heavy atom. The summed E-state index contributed by atoms with van der Waals surface area (Å²) in [7, 11) is 4.49. The molecule has 0 saturated heterocycles. The normalized spacial score (nSPS) is 16.8. The fourth-order valence-corrected chi connectivity index (χ4v) is 7.80. The molecule has 0 unspecified atom stereocenters. The molecule has 2 aromatic rings. The van der Waals surface area contributed by atoms with Crippen molar-refractivity contribution in [2.45, 2.75) is 136 Å². The summed E-state index contributed by atoms with van der Waals surface area (Å²) in [5, 5.41) is 5.18. The van der Waals surface area contributed by atoms with Gasteiger partial charge in [-0.1, -0.05) is 19.3 Å². The van der Waals surface area contributed by atoms with Crippen LogP contribution in [0.2, 0.25) is 0 Å². The molecular formula is C44H63N5O9. The van der Waals surface area contributed by atoms with E-state index in [1.807, 2.05) is 24.0 Å². The van der Waals surface area contributed by atoms with Crippen LogP contribution in [-0.2, 0) is 23.9 Å². The van der Waals surface area contributed by atoms with Gasteiger partial charge in [0.25, 0.3) is 17.7 Å². The first kappa shape index (κ1) is 45.6. The molecule has 2 aromatic carbocycles. The van der Waals surface area contributed by atoms with E-state index in [-0.39, 0.29) is 41.6 Å². The van der Waals surface area contributed by atoms with Gasteiger partial charge in [0.1, 0.15) is 11.5 Å². The van der Waals surface area contributed by atoms with Gasteiger partial charge < -0.3 is 39.5 Å². The van der Waals surface area contributed by atoms with E-state index < -0.39 is 17.2 Å². The number of aryl methyl sites for hydroxylation is 2. The van der Waals surface area contributed by atoms with Crippen molar-refractivity contribution in [2.75, 3.05) is 44.1 Å². The summed E-state index contributed by atoms with van der Waals surface area (Å²) in [6.45, 7) is 15.5. The van der Waals surface area contributed by atoms with E-state index in [0.717, 1.165) is 31.2 Å². The first-order chi connectivity index (χ1) is 27.3. The maximum absolute atomic E-state index is 13.8. The van der Waals surface area contributed by atoms with Crippen LogP contribution in [0, 0.1) is 13.8 Å². The summed E-state index contributed by atoms with van der Waals surface area (Å²) >= 11 is 0. The molecule has 0 atom stereocenters. The van der Waals surface area contributed by atoms with Crippen molar-refractivity contribution in [1.82, 2.24) is 15.5 Å². The number of amides is 5. The van der Waals surface area contributed by atoms with Gasteiger partial charge in [-0.25, -0.2) is 4.79 Å². The maximum Gasteiger partial charge on any atom is 0.338 e. The van der Waals surface area contributed by atoms with Crippen LogP contribution >= 0.6 is 0 Å². The van der Waals surface area contributed by atoms with Crippen molar-refractivity contribution < 1.29 is 43.0 Å². The van der Waals surface area contributed by atoms with Crippen molar-refractivity contribution in [3.63, 3.8) is 0 Å². The molecule has 3 aliphatic rings. The minimum absolute atomic E-state index is 0.0137. The van der Waals surface area contributed by atoms with Gasteiger partial charge in [0.05, 0.1) is 24.0 Å². The van der Waals surface area contributed by atoms with Gasteiger partial charge in [0.15, 0.2) is 11.2 Å². The third kappa shape index (κ3) is 10.3. The maximum atomic E-state index is 13.8. The number of hydrogen-bond acceptors (Lipinski definition) is 9. The molecule has 2 N–H and O–H groups in total. The first-order valence-electron chi connectivity index (χ1n) is 20.4. The second kappa shape index (κ2) is 19.1. The minimum Gasteiger partial charge on any atom is -0.476 e. The van der Waals surface area contributed by atoms with Crippen molar-refractivity contribution in [3.05, 3.63) is 46.5 Å². The molecule has 2 aliphatic heterocycles. The minimum atomic E-state index is -1.01. The molecule has 0 radical (unpaired) electrons. The Labute approximate surface area is 343 Å². The highest BCUT2D eigenvalue weighted by Gasteiger charge is 2.43. The number of fused-ring (bicyclic) bond motifs is 2. The third-order valence-electron chi connectivity index (χ3n) is 11.0. The summed E-state index contributed by atoms with van der Waals surface area (Å²) in [5.74, 6) is 0.160. The van der Waals surface area contributed by atoms with Gasteiger partial charge >= 0.3 is 5.97 Å². The Hall–Kier alpha value is -5.14. The number of esters is 1. The highest BCUT2D eigenvalue weighted by Crippen LogP contribution is 2.42. The lowest BCUT2D eigenvalue weighted by Gasteiger charge is -2.40. The molecule has 5 rings (SSSR count). The number of nitrogens with zero attached hydrogens (tertiary/aromatic N) is 3. The van der Waals surface area contributed by atoms with Crippen LogP contribution in [0.25, 0.3) is 0 Å². The van der Waals surface area contributed by atoms with E-state index in [9.17, 15) is 28.8 Å². The monoisotopic (exact) mass is 805 g/mol. The van der Waals surface area contributed by atoms with Gasteiger partial charge in [-0.3, -0.25) is 24.0 Å². The molecule has 14 nitrogen and oxygen atoms in total. The Kier molecular flexibility index (Phi) is 15.0. The average molecular weight is 806 g/mol. The van der Waals surface area contributed by atoms with Crippen molar-refractivity contribution in [2.24, 2.45) is 0 Å². The summed E-state index contributed by atoms with van der Waals surface area (Å²) in [4.78, 5) is 80.1. The Morgan fingerprint density at radius 2 is 1.19 bits per heavy atom. The highest BCUT2D eigenvalue weighted by molar-refractivity contribution is 6.06. The van der Waals surface area contributed by atoms with Crippen LogP contribution in [0.1, 0.15) is 131 Å². The predicted molar refractivity (Wildman–Crippen MR) is 223 cm³/mol. The number of hydrogen-bond donors (Lipinski definition) is 2. The van der Waals surface area contributed by atoms with Crippen LogP contribution in [0.4, 0.5) is 11.4 Å². The number of anilines is 2. The molecule has 1 aliphatic carbocycles. The Morgan fingerprint density at radius 3 is 1.60 bits per heavy atom. The molecule has 2 heterocycles. The molecular weight excluding hydrogens is 743 g/mol. The summed E-state index contributed by atoms with van der Waals surface area (Å²) in [5.41, 5.74) is 1.65. The quantitative estimate of drug-likeness (QED) is 0.244. The van der Waals surface area contributed by atoms with E-state index in [1.54, 1.807) is 70.6 Å². The second-order valence-corrected chi connectivity index (χ2v) is 16.6. The number of nitrogens with one attached hydrogen (secondary N) is 2. The van der Waals surface area contributed by atoms with Crippen LogP contribution in [0.15, 0.2) is 24.3 Å². The first-order valence-corrected chi connectivity index (χ1v) is 20.4. The molecule has 1 fully saturated rings. The van der Waals surface area contributed by atoms with Crippen LogP contribution in [-0.4, -0.2) is 98.0 Å². The van der Waals surface area contributed by atoms with E-state index in [1.165, 1.54) is 13.5 Å². The number of ether oxygens (including phenoxy) is 3. The van der Waals surface area contributed by atoms with Gasteiger partial charge in [-0.05, 0) is 116 Å². The smallest absolute Gasteiger partial charge is 0.338 e. The van der Waals surface area contributed by atoms with Gasteiger partial charge in [0.2, 0.25) is 11.8 Å². The topological polar surface area (TPSA) is 164 Å². The second-order valence-electron chi connectivity index (χ2n) is 16.6. The molecule has 5 amide bonds. The average Bonchev–Trinajstić information content (AvgIpc) is 3.17. The Balaban J connectivity index is 0.000000267. The van der Waals surface area contributed by atoms with Gasteiger partial charge in [-0.15, -0.1) is 0 Å². The summed E-state index contributed by atoms with van der Waals surface area (Å²) in [6.07, 6.45) is 7.28. The van der Waals surface area contributed by atoms with Crippen molar-refractivity contribution in [3.8, 4) is 11.5 Å². The fourth-order valence-electron chi connectivity index (χ4n) is 7.80. The number of methoxy groups -OCH3 is 1. The zero-order valence-corrected chi connectivity index (χ0v) is 36.3. The number of carbonyl (C=O) groups is 6. The third-order valence-corrected chi connectivity index (χ3v) is 11.0. The summed E-state index contributed by atoms with van der Waals surface area (Å²) < 4.78 is 16.7.